The highest BCUT2D eigenvalue weighted by atomic mass is 16.6. The molecule has 0 unspecified atom stereocenters. The Morgan fingerprint density at radius 1 is 1.14 bits per heavy atom. The first-order valence-corrected chi connectivity index (χ1v) is 7.16. The number of nitrogens with zero attached hydrogens (tertiary/aromatic N) is 3. The van der Waals surface area contributed by atoms with Crippen molar-refractivity contribution in [3.63, 3.8) is 0 Å². The molecule has 0 spiro atoms. The molecular weight excluding hydrogens is 266 g/mol. The second kappa shape index (κ2) is 7.71. The highest BCUT2D eigenvalue weighted by Gasteiger charge is 2.14. The van der Waals surface area contributed by atoms with Crippen molar-refractivity contribution >= 4 is 11.8 Å². The van der Waals surface area contributed by atoms with E-state index in [9.17, 15) is 10.1 Å². The molecule has 1 fully saturated rings. The Morgan fingerprint density at radius 2 is 1.76 bits per heavy atom. The first-order chi connectivity index (χ1) is 10.2. The van der Waals surface area contributed by atoms with Gasteiger partial charge < -0.3 is 0 Å². The summed E-state index contributed by atoms with van der Waals surface area (Å²) in [5.74, 6) is 0. The van der Waals surface area contributed by atoms with Gasteiger partial charge in [-0.25, -0.2) is 0 Å². The SMILES string of the molecule is C=CCN1CCN(CC=Cc2ccccc2[N+](=O)[O-])CC1. The number of hydrogen-bond acceptors (Lipinski definition) is 4. The molecule has 1 aromatic carbocycles. The van der Waals surface area contributed by atoms with E-state index < -0.39 is 0 Å². The Morgan fingerprint density at radius 3 is 2.38 bits per heavy atom. The van der Waals surface area contributed by atoms with Crippen LogP contribution in [-0.2, 0) is 0 Å². The van der Waals surface area contributed by atoms with Crippen molar-refractivity contribution in [1.29, 1.82) is 0 Å². The Kier molecular flexibility index (Phi) is 5.66. The molecule has 1 saturated heterocycles. The van der Waals surface area contributed by atoms with E-state index in [4.69, 9.17) is 0 Å². The van der Waals surface area contributed by atoms with Gasteiger partial charge in [-0.3, -0.25) is 19.9 Å². The maximum Gasteiger partial charge on any atom is 0.276 e. The van der Waals surface area contributed by atoms with Crippen LogP contribution < -0.4 is 0 Å². The number of nitro benzene ring substituents is 1. The van der Waals surface area contributed by atoms with Crippen molar-refractivity contribution in [3.8, 4) is 0 Å². The lowest BCUT2D eigenvalue weighted by molar-refractivity contribution is -0.385. The summed E-state index contributed by atoms with van der Waals surface area (Å²) in [6, 6.07) is 6.82. The lowest BCUT2D eigenvalue weighted by Gasteiger charge is -2.33. The molecule has 0 aliphatic carbocycles. The zero-order valence-corrected chi connectivity index (χ0v) is 12.1. The summed E-state index contributed by atoms with van der Waals surface area (Å²) >= 11 is 0. The van der Waals surface area contributed by atoms with Gasteiger partial charge in [-0.2, -0.15) is 0 Å². The van der Waals surface area contributed by atoms with Crippen molar-refractivity contribution < 1.29 is 4.92 Å². The fourth-order valence-electron chi connectivity index (χ4n) is 2.46. The summed E-state index contributed by atoms with van der Waals surface area (Å²) in [5, 5.41) is 10.9. The normalized spacial score (nSPS) is 17.1. The van der Waals surface area contributed by atoms with Crippen LogP contribution in [0, 0.1) is 10.1 Å². The molecule has 0 radical (unpaired) electrons. The second-order valence-electron chi connectivity index (χ2n) is 5.11. The quantitative estimate of drug-likeness (QED) is 0.458. The largest absolute Gasteiger partial charge is 0.297 e. The van der Waals surface area contributed by atoms with Gasteiger partial charge >= 0.3 is 0 Å². The average Bonchev–Trinajstić information content (AvgIpc) is 2.50. The molecule has 21 heavy (non-hydrogen) atoms. The van der Waals surface area contributed by atoms with Crippen molar-refractivity contribution in [2.24, 2.45) is 0 Å². The van der Waals surface area contributed by atoms with Crippen molar-refractivity contribution in [2.75, 3.05) is 39.3 Å². The standard InChI is InChI=1S/C16H21N3O2/c1-2-9-17-11-13-18(14-12-17)10-5-7-15-6-3-4-8-16(15)19(20)21/h2-8H,1,9-14H2. The number of nitro groups is 1. The number of rotatable bonds is 6. The Balaban J connectivity index is 1.86. The molecule has 5 heteroatoms. The molecule has 5 nitrogen and oxygen atoms in total. The van der Waals surface area contributed by atoms with Crippen LogP contribution in [0.5, 0.6) is 0 Å². The van der Waals surface area contributed by atoms with Crippen LogP contribution in [0.4, 0.5) is 5.69 Å². The zero-order chi connectivity index (χ0) is 15.1. The molecule has 112 valence electrons. The zero-order valence-electron chi connectivity index (χ0n) is 12.1. The predicted octanol–water partition coefficient (Wildman–Crippen LogP) is 2.41. The maximum absolute atomic E-state index is 10.9. The van der Waals surface area contributed by atoms with E-state index >= 15 is 0 Å². The number of benzene rings is 1. The Labute approximate surface area is 125 Å². The average molecular weight is 287 g/mol. The minimum absolute atomic E-state index is 0.157. The van der Waals surface area contributed by atoms with Crippen LogP contribution in [0.3, 0.4) is 0 Å². The van der Waals surface area contributed by atoms with Gasteiger partial charge in [0.15, 0.2) is 0 Å². The first kappa shape index (κ1) is 15.4. The topological polar surface area (TPSA) is 49.6 Å². The summed E-state index contributed by atoms with van der Waals surface area (Å²) < 4.78 is 0. The molecule has 2 rings (SSSR count). The fourth-order valence-corrected chi connectivity index (χ4v) is 2.46. The van der Waals surface area contributed by atoms with Crippen molar-refractivity contribution in [1.82, 2.24) is 9.80 Å². The molecule has 1 aliphatic rings. The van der Waals surface area contributed by atoms with Gasteiger partial charge in [0.25, 0.3) is 5.69 Å². The lowest BCUT2D eigenvalue weighted by Crippen LogP contribution is -2.46. The van der Waals surface area contributed by atoms with E-state index in [0.717, 1.165) is 39.3 Å². The molecule has 1 heterocycles. The third kappa shape index (κ3) is 4.51. The van der Waals surface area contributed by atoms with Crippen LogP contribution in [0.2, 0.25) is 0 Å². The van der Waals surface area contributed by atoms with Gasteiger partial charge in [0.1, 0.15) is 0 Å². The molecule has 1 aromatic rings. The fraction of sp³-hybridized carbons (Fsp3) is 0.375. The van der Waals surface area contributed by atoms with Crippen LogP contribution in [0.1, 0.15) is 5.56 Å². The molecule has 0 bridgehead atoms. The van der Waals surface area contributed by atoms with Crippen LogP contribution in [0.25, 0.3) is 6.08 Å². The van der Waals surface area contributed by atoms with Gasteiger partial charge in [0.05, 0.1) is 10.5 Å². The van der Waals surface area contributed by atoms with Crippen molar-refractivity contribution in [3.05, 3.63) is 58.7 Å². The molecule has 0 N–H and O–H groups in total. The van der Waals surface area contributed by atoms with E-state index in [1.165, 1.54) is 6.07 Å². The lowest BCUT2D eigenvalue weighted by atomic mass is 10.1. The minimum atomic E-state index is -0.340. The number of piperazine rings is 1. The third-order valence-electron chi connectivity index (χ3n) is 3.65. The molecule has 0 aromatic heterocycles. The third-order valence-corrected chi connectivity index (χ3v) is 3.65. The maximum atomic E-state index is 10.9. The van der Waals surface area contributed by atoms with E-state index in [-0.39, 0.29) is 10.6 Å². The number of hydrogen-bond donors (Lipinski definition) is 0. The highest BCUT2D eigenvalue weighted by Crippen LogP contribution is 2.18. The summed E-state index contributed by atoms with van der Waals surface area (Å²) in [6.45, 7) is 9.67. The predicted molar refractivity (Wildman–Crippen MR) is 85.2 cm³/mol. The highest BCUT2D eigenvalue weighted by molar-refractivity contribution is 5.60. The molecule has 0 amide bonds. The van der Waals surface area contributed by atoms with Gasteiger partial charge in [-0.05, 0) is 6.07 Å². The summed E-state index contributed by atoms with van der Waals surface area (Å²) in [5.41, 5.74) is 0.817. The van der Waals surface area contributed by atoms with Crippen LogP contribution >= 0.6 is 0 Å². The van der Waals surface area contributed by atoms with E-state index in [1.807, 2.05) is 24.3 Å². The Hall–Kier alpha value is -1.98. The minimum Gasteiger partial charge on any atom is -0.297 e. The molecule has 1 aliphatic heterocycles. The molecule has 0 atom stereocenters. The summed E-state index contributed by atoms with van der Waals surface area (Å²) in [4.78, 5) is 15.3. The van der Waals surface area contributed by atoms with E-state index in [1.54, 1.807) is 12.1 Å². The molecular formula is C16H21N3O2. The van der Waals surface area contributed by atoms with Crippen LogP contribution in [-0.4, -0.2) is 54.0 Å². The van der Waals surface area contributed by atoms with Gasteiger partial charge in [-0.15, -0.1) is 6.58 Å². The first-order valence-electron chi connectivity index (χ1n) is 7.16. The molecule has 0 saturated carbocycles. The summed E-state index contributed by atoms with van der Waals surface area (Å²) in [7, 11) is 0. The van der Waals surface area contributed by atoms with Gasteiger partial charge in [0.2, 0.25) is 0 Å². The van der Waals surface area contributed by atoms with E-state index in [0.29, 0.717) is 5.56 Å². The second-order valence-corrected chi connectivity index (χ2v) is 5.11. The number of para-hydroxylation sites is 1. The van der Waals surface area contributed by atoms with Crippen LogP contribution in [0.15, 0.2) is 43.0 Å². The monoisotopic (exact) mass is 287 g/mol. The summed E-state index contributed by atoms with van der Waals surface area (Å²) in [6.07, 6.45) is 5.78. The van der Waals surface area contributed by atoms with Gasteiger partial charge in [0, 0.05) is 45.3 Å². The van der Waals surface area contributed by atoms with E-state index in [2.05, 4.69) is 16.4 Å². The van der Waals surface area contributed by atoms with Crippen molar-refractivity contribution in [2.45, 2.75) is 0 Å². The Bertz CT molecular complexity index is 520. The smallest absolute Gasteiger partial charge is 0.276 e. The van der Waals surface area contributed by atoms with Gasteiger partial charge in [-0.1, -0.05) is 30.4 Å².